The number of fused-ring (bicyclic) bond motifs is 1. The lowest BCUT2D eigenvalue weighted by Crippen LogP contribution is -2.60. The monoisotopic (exact) mass is 539 g/mol. The number of piperidine rings is 1. The van der Waals surface area contributed by atoms with Gasteiger partial charge in [0, 0.05) is 68.1 Å². The van der Waals surface area contributed by atoms with Gasteiger partial charge in [0.05, 0.1) is 25.2 Å². The average Bonchev–Trinajstić information content (AvgIpc) is 2.98. The predicted molar refractivity (Wildman–Crippen MR) is 154 cm³/mol. The molecule has 0 atom stereocenters. The zero-order valence-corrected chi connectivity index (χ0v) is 23.1. The number of nitrogens with zero attached hydrogens (tertiary/aromatic N) is 5. The van der Waals surface area contributed by atoms with Crippen LogP contribution in [0.3, 0.4) is 0 Å². The molecule has 0 radical (unpaired) electrons. The van der Waals surface area contributed by atoms with E-state index in [2.05, 4.69) is 19.8 Å². The van der Waals surface area contributed by atoms with Gasteiger partial charge in [-0.3, -0.25) is 24.5 Å². The quantitative estimate of drug-likeness (QED) is 0.327. The van der Waals surface area contributed by atoms with Crippen molar-refractivity contribution in [3.8, 4) is 22.6 Å². The third-order valence-electron chi connectivity index (χ3n) is 8.51. The standard InChI is InChI=1S/C31H33N5O4/c1-34-16-26(24-5-8-32-15-25(24)30(34)38)21-12-28(39-2)27(29(13-21)40-3)17-35-10-6-31(7-11-35)19-36(20-31)23-4-9-33-22(14-23)18-37/h4-5,8-9,12-16,18H,6-7,10-11,17,19-20H2,1-3H3. The Balaban J connectivity index is 1.20. The molecule has 2 fully saturated rings. The second-order valence-corrected chi connectivity index (χ2v) is 10.9. The Morgan fingerprint density at radius 1 is 1.00 bits per heavy atom. The van der Waals surface area contributed by atoms with Gasteiger partial charge in [0.1, 0.15) is 17.2 Å². The van der Waals surface area contributed by atoms with Crippen molar-refractivity contribution in [3.63, 3.8) is 0 Å². The van der Waals surface area contributed by atoms with Crippen molar-refractivity contribution in [1.29, 1.82) is 0 Å². The summed E-state index contributed by atoms with van der Waals surface area (Å²) in [6.45, 7) is 4.74. The van der Waals surface area contributed by atoms with Crippen molar-refractivity contribution in [1.82, 2.24) is 19.4 Å². The molecule has 0 amide bonds. The van der Waals surface area contributed by atoms with E-state index in [-0.39, 0.29) is 5.56 Å². The fourth-order valence-electron chi connectivity index (χ4n) is 6.21. The summed E-state index contributed by atoms with van der Waals surface area (Å²) in [5, 5.41) is 1.43. The minimum Gasteiger partial charge on any atom is -0.496 e. The highest BCUT2D eigenvalue weighted by molar-refractivity contribution is 5.95. The van der Waals surface area contributed by atoms with Crippen molar-refractivity contribution in [2.24, 2.45) is 12.5 Å². The molecule has 2 aliphatic rings. The van der Waals surface area contributed by atoms with Gasteiger partial charge in [-0.05, 0) is 67.2 Å². The van der Waals surface area contributed by atoms with Gasteiger partial charge in [-0.1, -0.05) is 0 Å². The number of carbonyl (C=O) groups excluding carboxylic acids is 1. The van der Waals surface area contributed by atoms with Crippen molar-refractivity contribution in [2.45, 2.75) is 19.4 Å². The minimum absolute atomic E-state index is 0.0775. The van der Waals surface area contributed by atoms with Crippen LogP contribution < -0.4 is 19.9 Å². The van der Waals surface area contributed by atoms with Crippen LogP contribution in [0, 0.1) is 5.41 Å². The lowest BCUT2D eigenvalue weighted by molar-refractivity contribution is 0.0716. The maximum absolute atomic E-state index is 12.7. The van der Waals surface area contributed by atoms with E-state index < -0.39 is 0 Å². The molecule has 6 rings (SSSR count). The fourth-order valence-corrected chi connectivity index (χ4v) is 6.21. The second kappa shape index (κ2) is 10.4. The highest BCUT2D eigenvalue weighted by atomic mass is 16.5. The summed E-state index contributed by atoms with van der Waals surface area (Å²) in [6, 6.07) is 9.79. The van der Waals surface area contributed by atoms with Gasteiger partial charge in [0.2, 0.25) is 0 Å². The van der Waals surface area contributed by atoms with Crippen LogP contribution in [-0.2, 0) is 13.6 Å². The van der Waals surface area contributed by atoms with E-state index in [9.17, 15) is 9.59 Å². The first-order valence-electron chi connectivity index (χ1n) is 13.5. The number of benzene rings is 1. The number of carbonyl (C=O) groups is 1. The van der Waals surface area contributed by atoms with E-state index >= 15 is 0 Å². The fraction of sp³-hybridized carbons (Fsp3) is 0.355. The summed E-state index contributed by atoms with van der Waals surface area (Å²) >= 11 is 0. The van der Waals surface area contributed by atoms with Crippen LogP contribution in [0.5, 0.6) is 11.5 Å². The Labute approximate surface area is 233 Å². The topological polar surface area (TPSA) is 89.8 Å². The van der Waals surface area contributed by atoms with Crippen molar-refractivity contribution in [3.05, 3.63) is 76.7 Å². The van der Waals surface area contributed by atoms with Crippen LogP contribution >= 0.6 is 0 Å². The molecule has 0 bridgehead atoms. The first-order chi connectivity index (χ1) is 19.4. The van der Waals surface area contributed by atoms with Gasteiger partial charge in [0.15, 0.2) is 6.29 Å². The van der Waals surface area contributed by atoms with E-state index in [0.29, 0.717) is 16.5 Å². The van der Waals surface area contributed by atoms with E-state index in [0.717, 1.165) is 91.1 Å². The summed E-state index contributed by atoms with van der Waals surface area (Å²) in [5.41, 5.74) is 4.65. The zero-order chi connectivity index (χ0) is 27.9. The summed E-state index contributed by atoms with van der Waals surface area (Å²) in [5.74, 6) is 1.54. The maximum atomic E-state index is 12.7. The molecule has 9 nitrogen and oxygen atoms in total. The van der Waals surface area contributed by atoms with E-state index in [1.807, 2.05) is 36.5 Å². The molecule has 0 aliphatic carbocycles. The number of hydrogen-bond acceptors (Lipinski definition) is 8. The Bertz CT molecular complexity index is 1610. The van der Waals surface area contributed by atoms with E-state index in [4.69, 9.17) is 9.47 Å². The summed E-state index contributed by atoms with van der Waals surface area (Å²) in [6.07, 6.45) is 9.93. The molecule has 0 unspecified atom stereocenters. The highest BCUT2D eigenvalue weighted by Gasteiger charge is 2.45. The van der Waals surface area contributed by atoms with Crippen LogP contribution in [0.25, 0.3) is 21.9 Å². The van der Waals surface area contributed by atoms with Crippen molar-refractivity contribution in [2.75, 3.05) is 45.3 Å². The molecule has 2 aliphatic heterocycles. The van der Waals surface area contributed by atoms with Gasteiger partial charge in [-0.15, -0.1) is 0 Å². The molecular weight excluding hydrogens is 506 g/mol. The lowest BCUT2D eigenvalue weighted by atomic mass is 9.71. The smallest absolute Gasteiger partial charge is 0.259 e. The Hall–Kier alpha value is -4.24. The second-order valence-electron chi connectivity index (χ2n) is 10.9. The first-order valence-corrected chi connectivity index (χ1v) is 13.5. The SMILES string of the molecule is COc1cc(-c2cn(C)c(=O)c3cnccc23)cc(OC)c1CN1CCC2(CC1)CN(c1ccnc(C=O)c1)C2. The number of rotatable bonds is 7. The molecule has 40 heavy (non-hydrogen) atoms. The van der Waals surface area contributed by atoms with Crippen LogP contribution in [0.15, 0.2) is 59.9 Å². The molecule has 9 heteroatoms. The first kappa shape index (κ1) is 26.0. The molecule has 0 saturated carbocycles. The number of methoxy groups -OCH3 is 2. The van der Waals surface area contributed by atoms with Crippen LogP contribution in [0.4, 0.5) is 5.69 Å². The molecule has 5 heterocycles. The van der Waals surface area contributed by atoms with E-state index in [1.54, 1.807) is 44.4 Å². The lowest BCUT2D eigenvalue weighted by Gasteiger charge is -2.55. The van der Waals surface area contributed by atoms with Crippen molar-refractivity contribution >= 4 is 22.7 Å². The maximum Gasteiger partial charge on any atom is 0.259 e. The molecular formula is C31H33N5O4. The number of anilines is 1. The highest BCUT2D eigenvalue weighted by Crippen LogP contribution is 2.44. The van der Waals surface area contributed by atoms with Gasteiger partial charge in [0.25, 0.3) is 5.56 Å². The Kier molecular flexibility index (Phi) is 6.75. The van der Waals surface area contributed by atoms with Gasteiger partial charge in [-0.25, -0.2) is 0 Å². The number of aldehydes is 1. The number of hydrogen-bond donors (Lipinski definition) is 0. The predicted octanol–water partition coefficient (Wildman–Crippen LogP) is 3.93. The third-order valence-corrected chi connectivity index (χ3v) is 8.51. The molecule has 4 aromatic rings. The third kappa shape index (κ3) is 4.60. The summed E-state index contributed by atoms with van der Waals surface area (Å²) in [7, 11) is 5.13. The normalized spacial score (nSPS) is 16.6. The Morgan fingerprint density at radius 3 is 2.40 bits per heavy atom. The number of aromatic nitrogens is 3. The molecule has 2 saturated heterocycles. The van der Waals surface area contributed by atoms with Crippen LogP contribution in [-0.4, -0.2) is 66.1 Å². The minimum atomic E-state index is -0.0775. The number of ether oxygens (including phenoxy) is 2. The molecule has 206 valence electrons. The number of pyridine rings is 3. The van der Waals surface area contributed by atoms with Crippen LogP contribution in [0.2, 0.25) is 0 Å². The summed E-state index contributed by atoms with van der Waals surface area (Å²) < 4.78 is 13.4. The zero-order valence-electron chi connectivity index (χ0n) is 23.1. The average molecular weight is 540 g/mol. The molecule has 1 aromatic carbocycles. The van der Waals surface area contributed by atoms with Gasteiger partial charge >= 0.3 is 0 Å². The van der Waals surface area contributed by atoms with Gasteiger partial charge < -0.3 is 18.9 Å². The van der Waals surface area contributed by atoms with Crippen molar-refractivity contribution < 1.29 is 14.3 Å². The van der Waals surface area contributed by atoms with Gasteiger partial charge in [-0.2, -0.15) is 0 Å². The largest absolute Gasteiger partial charge is 0.496 e. The number of aryl methyl sites for hydroxylation is 1. The molecule has 1 spiro atoms. The molecule has 3 aromatic heterocycles. The van der Waals surface area contributed by atoms with E-state index in [1.165, 1.54) is 0 Å². The number of likely N-dealkylation sites (tertiary alicyclic amines) is 1. The summed E-state index contributed by atoms with van der Waals surface area (Å²) in [4.78, 5) is 36.8. The molecule has 0 N–H and O–H groups in total. The Morgan fingerprint density at radius 2 is 1.73 bits per heavy atom. The van der Waals surface area contributed by atoms with Crippen LogP contribution in [0.1, 0.15) is 28.9 Å².